The molecule has 3 nitrogen and oxygen atoms in total. The van der Waals surface area contributed by atoms with E-state index < -0.39 is 0 Å². The van der Waals surface area contributed by atoms with E-state index >= 15 is 0 Å². The number of fused-ring (bicyclic) bond motifs is 1. The monoisotopic (exact) mass is 250 g/mol. The molecule has 0 unspecified atom stereocenters. The van der Waals surface area contributed by atoms with E-state index in [2.05, 4.69) is 4.90 Å². The smallest absolute Gasteiger partial charge is 0.258 e. The Labute approximate surface area is 106 Å². The highest BCUT2D eigenvalue weighted by Gasteiger charge is 2.27. The Hall–Kier alpha value is -1.03. The van der Waals surface area contributed by atoms with Crippen LogP contribution in [0.4, 0.5) is 5.00 Å². The van der Waals surface area contributed by atoms with Crippen LogP contribution in [0.2, 0.25) is 0 Å². The number of thiophene rings is 1. The van der Waals surface area contributed by atoms with Crippen molar-refractivity contribution in [1.29, 1.82) is 0 Å². The van der Waals surface area contributed by atoms with Crippen molar-refractivity contribution in [3.8, 4) is 0 Å². The molecule has 1 amide bonds. The number of nitrogens with zero attached hydrogens (tertiary/aromatic N) is 1. The average molecular weight is 250 g/mol. The van der Waals surface area contributed by atoms with Gasteiger partial charge in [0, 0.05) is 13.1 Å². The highest BCUT2D eigenvalue weighted by atomic mass is 32.1. The van der Waals surface area contributed by atoms with Crippen molar-refractivity contribution in [2.24, 2.45) is 11.7 Å². The first-order valence-corrected chi connectivity index (χ1v) is 7.23. The highest BCUT2D eigenvalue weighted by molar-refractivity contribution is 7.18. The minimum atomic E-state index is -0.283. The Bertz CT molecular complexity index is 437. The van der Waals surface area contributed by atoms with Gasteiger partial charge in [-0.15, -0.1) is 11.3 Å². The van der Waals surface area contributed by atoms with Crippen LogP contribution in [0.3, 0.4) is 0 Å². The first-order valence-electron chi connectivity index (χ1n) is 6.41. The molecule has 17 heavy (non-hydrogen) atoms. The van der Waals surface area contributed by atoms with Gasteiger partial charge >= 0.3 is 0 Å². The average Bonchev–Trinajstić information content (AvgIpc) is 3.04. The summed E-state index contributed by atoms with van der Waals surface area (Å²) in [6.45, 7) is 2.31. The fourth-order valence-electron chi connectivity index (χ4n) is 2.49. The maximum Gasteiger partial charge on any atom is 0.258 e. The molecule has 1 fully saturated rings. The summed E-state index contributed by atoms with van der Waals surface area (Å²) in [5, 5.41) is 1.31. The summed E-state index contributed by atoms with van der Waals surface area (Å²) in [7, 11) is 0. The molecule has 0 aromatic carbocycles. The van der Waals surface area contributed by atoms with Crippen LogP contribution in [0.25, 0.3) is 0 Å². The summed E-state index contributed by atoms with van der Waals surface area (Å²) in [6.07, 6.45) is 6.34. The zero-order chi connectivity index (χ0) is 11.8. The van der Waals surface area contributed by atoms with E-state index in [1.807, 2.05) is 6.07 Å². The Balaban J connectivity index is 1.89. The van der Waals surface area contributed by atoms with E-state index in [1.165, 1.54) is 42.8 Å². The zero-order valence-corrected chi connectivity index (χ0v) is 10.8. The van der Waals surface area contributed by atoms with Gasteiger partial charge in [-0.3, -0.25) is 4.79 Å². The van der Waals surface area contributed by atoms with Crippen LogP contribution in [0.1, 0.15) is 40.9 Å². The van der Waals surface area contributed by atoms with Gasteiger partial charge in [-0.05, 0) is 49.7 Å². The van der Waals surface area contributed by atoms with E-state index in [-0.39, 0.29) is 5.91 Å². The molecule has 3 rings (SSSR count). The Kier molecular flexibility index (Phi) is 2.82. The quantitative estimate of drug-likeness (QED) is 0.895. The molecule has 0 saturated heterocycles. The van der Waals surface area contributed by atoms with Crippen molar-refractivity contribution < 1.29 is 4.79 Å². The third-order valence-electron chi connectivity index (χ3n) is 3.62. The standard InChI is InChI=1S/C13H18N2OS/c14-12(16)11-7-10-3-1-2-6-15(13(10)17-11)8-9-4-5-9/h7,9H,1-6,8H2,(H2,14,16). The van der Waals surface area contributed by atoms with Gasteiger partial charge in [0.2, 0.25) is 0 Å². The van der Waals surface area contributed by atoms with Crippen molar-refractivity contribution in [3.05, 3.63) is 16.5 Å². The van der Waals surface area contributed by atoms with Crippen molar-refractivity contribution in [1.82, 2.24) is 0 Å². The molecule has 2 N–H and O–H groups in total. The van der Waals surface area contributed by atoms with E-state index in [9.17, 15) is 4.79 Å². The van der Waals surface area contributed by atoms with Crippen molar-refractivity contribution in [3.63, 3.8) is 0 Å². The fourth-order valence-corrected chi connectivity index (χ4v) is 3.59. The third-order valence-corrected chi connectivity index (χ3v) is 4.87. The number of anilines is 1. The molecule has 0 spiro atoms. The minimum Gasteiger partial charge on any atom is -0.365 e. The van der Waals surface area contributed by atoms with Crippen molar-refractivity contribution in [2.45, 2.75) is 32.1 Å². The molecule has 1 aromatic rings. The summed E-state index contributed by atoms with van der Waals surface area (Å²) in [5.41, 5.74) is 6.71. The molecule has 1 aromatic heterocycles. The molecule has 2 heterocycles. The van der Waals surface area contributed by atoms with Gasteiger partial charge in [0.15, 0.2) is 0 Å². The second-order valence-electron chi connectivity index (χ2n) is 5.15. The maximum atomic E-state index is 11.3. The number of hydrogen-bond donors (Lipinski definition) is 1. The van der Waals surface area contributed by atoms with Gasteiger partial charge in [0.1, 0.15) is 0 Å². The van der Waals surface area contributed by atoms with E-state index in [4.69, 9.17) is 5.73 Å². The van der Waals surface area contributed by atoms with Crippen LogP contribution in [-0.2, 0) is 6.42 Å². The van der Waals surface area contributed by atoms with Gasteiger partial charge in [-0.2, -0.15) is 0 Å². The predicted molar refractivity (Wildman–Crippen MR) is 70.7 cm³/mol. The van der Waals surface area contributed by atoms with Gasteiger partial charge < -0.3 is 10.6 Å². The van der Waals surface area contributed by atoms with E-state index in [0.717, 1.165) is 23.8 Å². The normalized spacial score (nSPS) is 19.9. The Morgan fingerprint density at radius 1 is 1.47 bits per heavy atom. The number of carbonyl (C=O) groups is 1. The van der Waals surface area contributed by atoms with Crippen LogP contribution in [0.15, 0.2) is 6.07 Å². The van der Waals surface area contributed by atoms with E-state index in [1.54, 1.807) is 11.3 Å². The molecule has 1 aliphatic heterocycles. The first-order chi connectivity index (χ1) is 8.24. The number of rotatable bonds is 3. The van der Waals surface area contributed by atoms with Crippen LogP contribution in [-0.4, -0.2) is 19.0 Å². The molecule has 0 atom stereocenters. The van der Waals surface area contributed by atoms with Crippen LogP contribution in [0.5, 0.6) is 0 Å². The Morgan fingerprint density at radius 3 is 3.00 bits per heavy atom. The molecule has 1 aliphatic carbocycles. The summed E-state index contributed by atoms with van der Waals surface area (Å²) in [5.74, 6) is 0.606. The zero-order valence-electron chi connectivity index (χ0n) is 9.95. The lowest BCUT2D eigenvalue weighted by molar-refractivity contribution is 0.100. The van der Waals surface area contributed by atoms with Gasteiger partial charge in [0.25, 0.3) is 5.91 Å². The van der Waals surface area contributed by atoms with Crippen molar-refractivity contribution in [2.75, 3.05) is 18.0 Å². The lowest BCUT2D eigenvalue weighted by atomic mass is 10.1. The van der Waals surface area contributed by atoms with Crippen LogP contribution < -0.4 is 10.6 Å². The second kappa shape index (κ2) is 4.33. The molecule has 2 aliphatic rings. The summed E-state index contributed by atoms with van der Waals surface area (Å²) in [6, 6.07) is 2.01. The second-order valence-corrected chi connectivity index (χ2v) is 6.18. The molecular weight excluding hydrogens is 232 g/mol. The molecule has 92 valence electrons. The maximum absolute atomic E-state index is 11.3. The number of hydrogen-bond acceptors (Lipinski definition) is 3. The number of aryl methyl sites for hydroxylation is 1. The lowest BCUT2D eigenvalue weighted by Gasteiger charge is -2.22. The summed E-state index contributed by atoms with van der Waals surface area (Å²) in [4.78, 5) is 14.5. The SMILES string of the molecule is NC(=O)c1cc2c(s1)N(CC1CC1)CCCC2. The molecular formula is C13H18N2OS. The first kappa shape index (κ1) is 11.1. The third kappa shape index (κ3) is 2.32. The summed E-state index contributed by atoms with van der Waals surface area (Å²) >= 11 is 1.59. The van der Waals surface area contributed by atoms with Crippen LogP contribution in [0, 0.1) is 5.92 Å². The minimum absolute atomic E-state index is 0.283. The summed E-state index contributed by atoms with van der Waals surface area (Å²) < 4.78 is 0. The van der Waals surface area contributed by atoms with E-state index in [0.29, 0.717) is 0 Å². The predicted octanol–water partition coefficient (Wildman–Crippen LogP) is 2.40. The molecule has 4 heteroatoms. The number of primary amides is 1. The molecule has 0 bridgehead atoms. The number of carbonyl (C=O) groups excluding carboxylic acids is 1. The fraction of sp³-hybridized carbons (Fsp3) is 0.615. The highest BCUT2D eigenvalue weighted by Crippen LogP contribution is 2.38. The topological polar surface area (TPSA) is 46.3 Å². The largest absolute Gasteiger partial charge is 0.365 e. The van der Waals surface area contributed by atoms with Gasteiger partial charge in [-0.25, -0.2) is 0 Å². The Morgan fingerprint density at radius 2 is 2.29 bits per heavy atom. The molecule has 0 radical (unpaired) electrons. The molecule has 1 saturated carbocycles. The van der Waals surface area contributed by atoms with Gasteiger partial charge in [0.05, 0.1) is 9.88 Å². The number of nitrogens with two attached hydrogens (primary N) is 1. The van der Waals surface area contributed by atoms with Crippen molar-refractivity contribution >= 4 is 22.2 Å². The van der Waals surface area contributed by atoms with Crippen LogP contribution >= 0.6 is 11.3 Å². The lowest BCUT2D eigenvalue weighted by Crippen LogP contribution is -2.25. The van der Waals surface area contributed by atoms with Gasteiger partial charge in [-0.1, -0.05) is 0 Å². The number of amides is 1.